The van der Waals surface area contributed by atoms with Crippen molar-refractivity contribution in [3.8, 4) is 0 Å². The van der Waals surface area contributed by atoms with Crippen molar-refractivity contribution in [2.24, 2.45) is 0 Å². The summed E-state index contributed by atoms with van der Waals surface area (Å²) in [5.74, 6) is 0.0600. The zero-order chi connectivity index (χ0) is 25.8. The monoisotopic (exact) mass is 510 g/mol. The van der Waals surface area contributed by atoms with Gasteiger partial charge in [0, 0.05) is 18.5 Å². The molecule has 2 aliphatic rings. The predicted octanol–water partition coefficient (Wildman–Crippen LogP) is 3.08. The number of nitrogens with zero attached hydrogens (tertiary/aromatic N) is 4. The molecule has 37 heavy (non-hydrogen) atoms. The number of amides is 2. The SMILES string of the molecule is CCNC(=O)Nc1ncnc2c1ncn2C1OC(CCCC(=O)OCC)C2O[C@H](c3ccccc3)OC21. The van der Waals surface area contributed by atoms with E-state index in [1.165, 1.54) is 6.33 Å². The first kappa shape index (κ1) is 25.1. The van der Waals surface area contributed by atoms with E-state index in [4.69, 9.17) is 18.9 Å². The zero-order valence-electron chi connectivity index (χ0n) is 20.7. The Hall–Kier alpha value is -3.61. The third-order valence-electron chi connectivity index (χ3n) is 6.30. The summed E-state index contributed by atoms with van der Waals surface area (Å²) < 4.78 is 26.0. The third-order valence-corrected chi connectivity index (χ3v) is 6.30. The van der Waals surface area contributed by atoms with Crippen molar-refractivity contribution in [2.75, 3.05) is 18.5 Å². The van der Waals surface area contributed by atoms with Crippen molar-refractivity contribution in [2.45, 2.75) is 63.9 Å². The Kier molecular flexibility index (Phi) is 7.58. The average Bonchev–Trinajstić information content (AvgIpc) is 3.60. The molecule has 4 heterocycles. The second-order valence-corrected chi connectivity index (χ2v) is 8.74. The van der Waals surface area contributed by atoms with Crippen LogP contribution in [0.3, 0.4) is 0 Å². The molecule has 0 saturated carbocycles. The van der Waals surface area contributed by atoms with Crippen LogP contribution < -0.4 is 10.6 Å². The Labute approximate surface area is 213 Å². The lowest BCUT2D eigenvalue weighted by molar-refractivity contribution is -0.150. The van der Waals surface area contributed by atoms with Gasteiger partial charge in [-0.3, -0.25) is 14.7 Å². The van der Waals surface area contributed by atoms with Gasteiger partial charge in [0.1, 0.15) is 18.5 Å². The number of fused-ring (bicyclic) bond motifs is 2. The van der Waals surface area contributed by atoms with E-state index in [9.17, 15) is 9.59 Å². The molecule has 0 spiro atoms. The number of carbonyl (C=O) groups is 2. The number of carbonyl (C=O) groups excluding carboxylic acids is 2. The molecule has 4 unspecified atom stereocenters. The highest BCUT2D eigenvalue weighted by molar-refractivity contribution is 5.95. The van der Waals surface area contributed by atoms with Gasteiger partial charge in [0.05, 0.1) is 19.0 Å². The van der Waals surface area contributed by atoms with Crippen LogP contribution in [0.25, 0.3) is 11.2 Å². The molecule has 2 N–H and O–H groups in total. The van der Waals surface area contributed by atoms with E-state index in [0.29, 0.717) is 49.4 Å². The van der Waals surface area contributed by atoms with Crippen molar-refractivity contribution in [3.05, 3.63) is 48.5 Å². The molecule has 0 aliphatic carbocycles. The Morgan fingerprint density at radius 3 is 2.65 bits per heavy atom. The smallest absolute Gasteiger partial charge is 0.320 e. The normalized spacial score (nSPS) is 24.6. The molecule has 5 atom stereocenters. The van der Waals surface area contributed by atoms with Crippen LogP contribution in [0.15, 0.2) is 43.0 Å². The third kappa shape index (κ3) is 5.26. The lowest BCUT2D eigenvalue weighted by atomic mass is 10.0. The quantitative estimate of drug-likeness (QED) is 0.416. The van der Waals surface area contributed by atoms with E-state index in [-0.39, 0.29) is 24.2 Å². The van der Waals surface area contributed by atoms with Gasteiger partial charge >= 0.3 is 12.0 Å². The highest BCUT2D eigenvalue weighted by Crippen LogP contribution is 2.46. The minimum atomic E-state index is -0.580. The summed E-state index contributed by atoms with van der Waals surface area (Å²) in [6.07, 6.45) is 2.21. The number of ether oxygens (including phenoxy) is 4. The first-order valence-electron chi connectivity index (χ1n) is 12.5. The molecular weight excluding hydrogens is 480 g/mol. The molecule has 3 aromatic rings. The molecule has 2 fully saturated rings. The number of hydrogen-bond donors (Lipinski definition) is 2. The number of esters is 1. The van der Waals surface area contributed by atoms with Gasteiger partial charge in [-0.15, -0.1) is 0 Å². The van der Waals surface area contributed by atoms with Gasteiger partial charge < -0.3 is 24.3 Å². The summed E-state index contributed by atoms with van der Waals surface area (Å²) in [4.78, 5) is 36.9. The van der Waals surface area contributed by atoms with Crippen molar-refractivity contribution in [1.29, 1.82) is 0 Å². The molecule has 12 heteroatoms. The summed E-state index contributed by atoms with van der Waals surface area (Å²) in [7, 11) is 0. The van der Waals surface area contributed by atoms with Gasteiger partial charge in [0.2, 0.25) is 0 Å². The molecule has 2 aromatic heterocycles. The predicted molar refractivity (Wildman–Crippen MR) is 131 cm³/mol. The fourth-order valence-corrected chi connectivity index (χ4v) is 4.68. The van der Waals surface area contributed by atoms with Gasteiger partial charge in [-0.1, -0.05) is 30.3 Å². The molecule has 0 radical (unpaired) electrons. The fraction of sp³-hybridized carbons (Fsp3) is 0.480. The Balaban J connectivity index is 1.40. The molecule has 0 bridgehead atoms. The zero-order valence-corrected chi connectivity index (χ0v) is 20.7. The standard InChI is InChI=1S/C25H30N6O6/c1-3-26-25(33)30-21-18-22(28-13-27-21)31(14-29-18)23-20-19(16(35-23)11-8-12-17(32)34-4-2)36-24(37-20)15-9-6-5-7-10-15/h5-7,9-10,13-14,16,19-20,23-24H,3-4,8,11-12H2,1-2H3,(H2,26,27,28,30,33)/t16?,19?,20?,23?,24-/m0/s1. The first-order valence-corrected chi connectivity index (χ1v) is 12.5. The largest absolute Gasteiger partial charge is 0.466 e. The molecular formula is C25H30N6O6. The second-order valence-electron chi connectivity index (χ2n) is 8.74. The number of rotatable bonds is 9. The Morgan fingerprint density at radius 2 is 1.86 bits per heavy atom. The van der Waals surface area contributed by atoms with Crippen LogP contribution in [0, 0.1) is 0 Å². The molecule has 2 saturated heterocycles. The van der Waals surface area contributed by atoms with Crippen LogP contribution in [-0.4, -0.2) is 63.0 Å². The number of urea groups is 1. The number of nitrogens with one attached hydrogen (secondary N) is 2. The van der Waals surface area contributed by atoms with E-state index in [1.807, 2.05) is 37.3 Å². The van der Waals surface area contributed by atoms with Crippen LogP contribution in [0.5, 0.6) is 0 Å². The minimum Gasteiger partial charge on any atom is -0.466 e. The molecule has 2 amide bonds. The van der Waals surface area contributed by atoms with Crippen molar-refractivity contribution in [1.82, 2.24) is 24.8 Å². The van der Waals surface area contributed by atoms with E-state index < -0.39 is 18.6 Å². The fourth-order valence-electron chi connectivity index (χ4n) is 4.68. The van der Waals surface area contributed by atoms with Crippen molar-refractivity contribution < 1.29 is 28.5 Å². The molecule has 1 aromatic carbocycles. The van der Waals surface area contributed by atoms with Gasteiger partial charge in [0.15, 0.2) is 29.5 Å². The second kappa shape index (κ2) is 11.2. The molecule has 12 nitrogen and oxygen atoms in total. The molecule has 196 valence electrons. The van der Waals surface area contributed by atoms with Gasteiger partial charge in [-0.05, 0) is 26.7 Å². The van der Waals surface area contributed by atoms with Crippen LogP contribution in [-0.2, 0) is 23.7 Å². The summed E-state index contributed by atoms with van der Waals surface area (Å²) in [6, 6.07) is 9.34. The maximum Gasteiger partial charge on any atom is 0.320 e. The van der Waals surface area contributed by atoms with Crippen LogP contribution in [0.2, 0.25) is 0 Å². The van der Waals surface area contributed by atoms with E-state index in [2.05, 4.69) is 25.6 Å². The number of anilines is 1. The maximum absolute atomic E-state index is 12.1. The number of hydrogen-bond acceptors (Lipinski definition) is 9. The number of benzene rings is 1. The van der Waals surface area contributed by atoms with E-state index in [1.54, 1.807) is 17.8 Å². The van der Waals surface area contributed by atoms with Gasteiger partial charge in [-0.2, -0.15) is 0 Å². The van der Waals surface area contributed by atoms with Crippen molar-refractivity contribution >= 4 is 29.0 Å². The van der Waals surface area contributed by atoms with E-state index >= 15 is 0 Å². The highest BCUT2D eigenvalue weighted by Gasteiger charge is 2.53. The van der Waals surface area contributed by atoms with Crippen LogP contribution in [0.4, 0.5) is 10.6 Å². The summed E-state index contributed by atoms with van der Waals surface area (Å²) in [5, 5.41) is 5.38. The summed E-state index contributed by atoms with van der Waals surface area (Å²) >= 11 is 0. The number of aromatic nitrogens is 4. The van der Waals surface area contributed by atoms with Crippen LogP contribution in [0.1, 0.15) is 51.2 Å². The highest BCUT2D eigenvalue weighted by atomic mass is 16.8. The van der Waals surface area contributed by atoms with E-state index in [0.717, 1.165) is 5.56 Å². The average molecular weight is 511 g/mol. The summed E-state index contributed by atoms with van der Waals surface area (Å²) in [6.45, 7) is 4.45. The first-order chi connectivity index (χ1) is 18.1. The molecule has 2 aliphatic heterocycles. The van der Waals surface area contributed by atoms with Gasteiger partial charge in [-0.25, -0.2) is 19.7 Å². The van der Waals surface area contributed by atoms with Gasteiger partial charge in [0.25, 0.3) is 0 Å². The Bertz CT molecular complexity index is 1240. The maximum atomic E-state index is 12.1. The van der Waals surface area contributed by atoms with Crippen molar-refractivity contribution in [3.63, 3.8) is 0 Å². The topological polar surface area (TPSA) is 139 Å². The summed E-state index contributed by atoms with van der Waals surface area (Å²) in [5.41, 5.74) is 1.83. The van der Waals surface area contributed by atoms with Crippen LogP contribution >= 0.6 is 0 Å². The lowest BCUT2D eigenvalue weighted by Crippen LogP contribution is -2.29. The minimum absolute atomic E-state index is 0.233. The lowest BCUT2D eigenvalue weighted by Gasteiger charge is -2.21. The number of imidazole rings is 1. The molecule has 5 rings (SSSR count). The Morgan fingerprint density at radius 1 is 1.05 bits per heavy atom.